The lowest BCUT2D eigenvalue weighted by molar-refractivity contribution is -0.110. The van der Waals surface area contributed by atoms with E-state index in [2.05, 4.69) is 4.72 Å². The second-order valence-electron chi connectivity index (χ2n) is 8.42. The van der Waals surface area contributed by atoms with Crippen molar-refractivity contribution in [3.63, 3.8) is 0 Å². The normalized spacial score (nSPS) is 20.8. The van der Waals surface area contributed by atoms with Gasteiger partial charge < -0.3 is 4.79 Å². The maximum atomic E-state index is 15.3. The Kier molecular flexibility index (Phi) is 10.3. The molecule has 3 atom stereocenters. The third kappa shape index (κ3) is 6.83. The molecule has 2 aromatic rings. The molecule has 3 unspecified atom stereocenters. The minimum absolute atomic E-state index is 0.141. The highest BCUT2D eigenvalue weighted by molar-refractivity contribution is 7.97. The summed E-state index contributed by atoms with van der Waals surface area (Å²) < 4.78 is 46.5. The first-order valence-corrected chi connectivity index (χ1v) is 11.9. The summed E-state index contributed by atoms with van der Waals surface area (Å²) in [5.74, 6) is 0.290. The molecule has 7 heteroatoms. The van der Waals surface area contributed by atoms with E-state index in [4.69, 9.17) is 0 Å². The van der Waals surface area contributed by atoms with Crippen molar-refractivity contribution in [3.8, 4) is 11.1 Å². The minimum Gasteiger partial charge on any atom is -0.303 e. The fourth-order valence-corrected chi connectivity index (χ4v) is 4.37. The zero-order valence-electron chi connectivity index (χ0n) is 19.4. The molecule has 32 heavy (non-hydrogen) atoms. The van der Waals surface area contributed by atoms with Gasteiger partial charge in [0.2, 0.25) is 0 Å². The molecule has 1 aliphatic rings. The molecule has 0 bridgehead atoms. The van der Waals surface area contributed by atoms with Crippen LogP contribution in [0.3, 0.4) is 0 Å². The van der Waals surface area contributed by atoms with Crippen molar-refractivity contribution in [2.45, 2.75) is 52.4 Å². The molecule has 3 nitrogen and oxygen atoms in total. The van der Waals surface area contributed by atoms with E-state index >= 15 is 4.39 Å². The van der Waals surface area contributed by atoms with Crippen LogP contribution in [-0.4, -0.2) is 48.8 Å². The van der Waals surface area contributed by atoms with Crippen LogP contribution in [0.5, 0.6) is 0 Å². The number of aldehydes is 1. The molecule has 176 valence electrons. The van der Waals surface area contributed by atoms with Crippen molar-refractivity contribution in [1.29, 1.82) is 0 Å². The lowest BCUT2D eigenvalue weighted by Crippen LogP contribution is -2.43. The fourth-order valence-electron chi connectivity index (χ4n) is 3.71. The molecule has 0 radical (unpaired) electrons. The number of nitrogens with zero attached hydrogens (tertiary/aromatic N) is 1. The highest BCUT2D eigenvalue weighted by Gasteiger charge is 2.40. The Morgan fingerprint density at radius 2 is 1.91 bits per heavy atom. The van der Waals surface area contributed by atoms with Crippen molar-refractivity contribution in [1.82, 2.24) is 9.62 Å². The van der Waals surface area contributed by atoms with Gasteiger partial charge in [0, 0.05) is 29.8 Å². The molecule has 1 heterocycles. The Morgan fingerprint density at radius 3 is 2.53 bits per heavy atom. The number of rotatable bonds is 7. The molecule has 0 spiro atoms. The summed E-state index contributed by atoms with van der Waals surface area (Å²) >= 11 is 1.48. The SMILES string of the molecule is CC(C)C=O.CCSNC1C(F)CN(C)C1Cc1cccc(-c2cc(F)ccc2C)c1F. The van der Waals surface area contributed by atoms with Gasteiger partial charge in [0.25, 0.3) is 0 Å². The van der Waals surface area contributed by atoms with E-state index < -0.39 is 12.0 Å². The van der Waals surface area contributed by atoms with E-state index in [0.29, 0.717) is 29.7 Å². The van der Waals surface area contributed by atoms with E-state index in [1.807, 2.05) is 39.6 Å². The Balaban J connectivity index is 0.000000654. The van der Waals surface area contributed by atoms with Gasteiger partial charge in [-0.15, -0.1) is 0 Å². The first-order valence-electron chi connectivity index (χ1n) is 10.9. The van der Waals surface area contributed by atoms with E-state index in [9.17, 15) is 13.6 Å². The van der Waals surface area contributed by atoms with Crippen molar-refractivity contribution >= 4 is 18.2 Å². The van der Waals surface area contributed by atoms with E-state index in [1.54, 1.807) is 24.3 Å². The van der Waals surface area contributed by atoms with Gasteiger partial charge in [-0.1, -0.05) is 57.0 Å². The summed E-state index contributed by atoms with van der Waals surface area (Å²) in [4.78, 5) is 11.4. The Labute approximate surface area is 193 Å². The topological polar surface area (TPSA) is 32.3 Å². The highest BCUT2D eigenvalue weighted by atomic mass is 32.2. The van der Waals surface area contributed by atoms with E-state index in [-0.39, 0.29) is 23.8 Å². The molecule has 1 aliphatic heterocycles. The molecule has 2 aromatic carbocycles. The van der Waals surface area contributed by atoms with Crippen LogP contribution in [0, 0.1) is 24.5 Å². The zero-order chi connectivity index (χ0) is 23.8. The standard InChI is InChI=1S/C21H25F3N2S.C4H8O/c1-4-27-25-21-18(23)12-26(3)19(21)10-14-6-5-7-16(20(14)24)17-11-15(22)9-8-13(17)2;1-4(2)3-5/h5-9,11,18-19,21,25H,4,10,12H2,1-3H3;3-4H,1-2H3. The average molecular weight is 467 g/mol. The van der Waals surface area contributed by atoms with Gasteiger partial charge in [0.1, 0.15) is 24.1 Å². The average Bonchev–Trinajstić information content (AvgIpc) is 3.02. The van der Waals surface area contributed by atoms with Crippen LogP contribution in [0.25, 0.3) is 11.1 Å². The maximum absolute atomic E-state index is 15.3. The van der Waals surface area contributed by atoms with Gasteiger partial charge in [-0.25, -0.2) is 13.2 Å². The fraction of sp³-hybridized carbons (Fsp3) is 0.480. The van der Waals surface area contributed by atoms with E-state index in [0.717, 1.165) is 17.6 Å². The maximum Gasteiger partial charge on any atom is 0.134 e. The van der Waals surface area contributed by atoms with Crippen molar-refractivity contribution < 1.29 is 18.0 Å². The first kappa shape index (κ1) is 26.4. The lowest BCUT2D eigenvalue weighted by atomic mass is 9.94. The van der Waals surface area contributed by atoms with Crippen LogP contribution in [0.15, 0.2) is 36.4 Å². The lowest BCUT2D eigenvalue weighted by Gasteiger charge is -2.26. The number of alkyl halides is 1. The molecule has 3 rings (SSSR count). The molecular formula is C25H33F3N2OS. The molecule has 0 saturated carbocycles. The zero-order valence-corrected chi connectivity index (χ0v) is 20.2. The molecule has 1 saturated heterocycles. The van der Waals surface area contributed by atoms with Crippen molar-refractivity contribution in [2.24, 2.45) is 5.92 Å². The number of hydrogen-bond acceptors (Lipinski definition) is 4. The Morgan fingerprint density at radius 1 is 1.22 bits per heavy atom. The number of benzene rings is 2. The number of likely N-dealkylation sites (N-methyl/N-ethyl adjacent to an activating group) is 1. The van der Waals surface area contributed by atoms with Crippen LogP contribution in [0.4, 0.5) is 13.2 Å². The second-order valence-corrected chi connectivity index (χ2v) is 9.52. The van der Waals surface area contributed by atoms with Crippen LogP contribution in [0.2, 0.25) is 0 Å². The van der Waals surface area contributed by atoms with Gasteiger partial charge in [-0.2, -0.15) is 0 Å². The largest absolute Gasteiger partial charge is 0.303 e. The van der Waals surface area contributed by atoms with Crippen LogP contribution < -0.4 is 4.72 Å². The number of likely N-dealkylation sites (tertiary alicyclic amines) is 1. The number of hydrogen-bond donors (Lipinski definition) is 1. The van der Waals surface area contributed by atoms with Crippen LogP contribution in [0.1, 0.15) is 31.9 Å². The highest BCUT2D eigenvalue weighted by Crippen LogP contribution is 2.31. The van der Waals surface area contributed by atoms with Gasteiger partial charge >= 0.3 is 0 Å². The molecule has 1 N–H and O–H groups in total. The Bertz CT molecular complexity index is 893. The van der Waals surface area contributed by atoms with Gasteiger partial charge in [-0.3, -0.25) is 9.62 Å². The Hall–Kier alpha value is -1.83. The molecule has 1 fully saturated rings. The summed E-state index contributed by atoms with van der Waals surface area (Å²) in [6, 6.07) is 9.07. The number of aryl methyl sites for hydroxylation is 1. The predicted octanol–water partition coefficient (Wildman–Crippen LogP) is 5.60. The number of halogens is 3. The molecule has 0 aromatic heterocycles. The molecular weight excluding hydrogens is 433 g/mol. The summed E-state index contributed by atoms with van der Waals surface area (Å²) in [6.07, 6.45) is 0.322. The minimum atomic E-state index is -0.990. The first-order chi connectivity index (χ1) is 15.2. The van der Waals surface area contributed by atoms with Crippen molar-refractivity contribution in [3.05, 3.63) is 59.2 Å². The van der Waals surface area contributed by atoms with E-state index in [1.165, 1.54) is 24.1 Å². The third-order valence-corrected chi connectivity index (χ3v) is 6.19. The number of carbonyl (C=O) groups is 1. The number of carbonyl (C=O) groups excluding carboxylic acids is 1. The monoisotopic (exact) mass is 466 g/mol. The molecule has 0 amide bonds. The van der Waals surface area contributed by atoms with Gasteiger partial charge in [0.05, 0.1) is 6.04 Å². The summed E-state index contributed by atoms with van der Waals surface area (Å²) in [5, 5.41) is 0. The van der Waals surface area contributed by atoms with Gasteiger partial charge in [-0.05, 0) is 49.2 Å². The van der Waals surface area contributed by atoms with Crippen LogP contribution >= 0.6 is 11.9 Å². The summed E-state index contributed by atoms with van der Waals surface area (Å²) in [7, 11) is 1.87. The quantitative estimate of drug-likeness (QED) is 0.425. The number of nitrogens with one attached hydrogen (secondary N) is 1. The van der Waals surface area contributed by atoms with Crippen molar-refractivity contribution in [2.75, 3.05) is 19.3 Å². The smallest absolute Gasteiger partial charge is 0.134 e. The second kappa shape index (κ2) is 12.4. The predicted molar refractivity (Wildman–Crippen MR) is 128 cm³/mol. The summed E-state index contributed by atoms with van der Waals surface area (Å²) in [5.41, 5.74) is 2.27. The molecule has 0 aliphatic carbocycles. The van der Waals surface area contributed by atoms with Gasteiger partial charge in [0.15, 0.2) is 0 Å². The third-order valence-electron chi connectivity index (χ3n) is 5.47. The summed E-state index contributed by atoms with van der Waals surface area (Å²) in [6.45, 7) is 7.88. The van der Waals surface area contributed by atoms with Crippen LogP contribution in [-0.2, 0) is 11.2 Å².